The van der Waals surface area contributed by atoms with Crippen LogP contribution in [0.3, 0.4) is 0 Å². The number of likely N-dealkylation sites (N-methyl/N-ethyl adjacent to an activating group) is 1. The third-order valence-corrected chi connectivity index (χ3v) is 5.62. The normalized spacial score (nSPS) is 15.5. The number of carbonyl (C=O) groups is 1. The maximum absolute atomic E-state index is 12.4. The Hall–Kier alpha value is -2.02. The summed E-state index contributed by atoms with van der Waals surface area (Å²) in [6.45, 7) is 2.83. The molecule has 27 heavy (non-hydrogen) atoms. The predicted molar refractivity (Wildman–Crippen MR) is 114 cm³/mol. The molecule has 1 heterocycles. The van der Waals surface area contributed by atoms with Crippen LogP contribution in [0.4, 0.5) is 0 Å². The first-order valence-corrected chi connectivity index (χ1v) is 9.93. The second kappa shape index (κ2) is 8.78. The lowest BCUT2D eigenvalue weighted by Gasteiger charge is -2.13. The van der Waals surface area contributed by atoms with Crippen LogP contribution in [-0.2, 0) is 11.4 Å². The molecule has 1 saturated heterocycles. The fourth-order valence-electron chi connectivity index (χ4n) is 2.62. The van der Waals surface area contributed by atoms with Crippen molar-refractivity contribution in [1.82, 2.24) is 4.90 Å². The molecule has 0 aromatic heterocycles. The number of hydrogen-bond acceptors (Lipinski definition) is 5. The van der Waals surface area contributed by atoms with Crippen LogP contribution in [0.15, 0.2) is 47.4 Å². The molecule has 4 nitrogen and oxygen atoms in total. The molecule has 140 valence electrons. The van der Waals surface area contributed by atoms with Gasteiger partial charge in [0.1, 0.15) is 10.9 Å². The fraction of sp³-hybridized carbons (Fsp3) is 0.200. The van der Waals surface area contributed by atoms with Crippen LogP contribution in [0.1, 0.15) is 18.1 Å². The van der Waals surface area contributed by atoms with Crippen LogP contribution in [0.2, 0.25) is 5.02 Å². The molecular weight excluding hydrogens is 402 g/mol. The van der Waals surface area contributed by atoms with Gasteiger partial charge in [0.2, 0.25) is 0 Å². The largest absolute Gasteiger partial charge is 0.493 e. The summed E-state index contributed by atoms with van der Waals surface area (Å²) in [5.41, 5.74) is 1.78. The lowest BCUT2D eigenvalue weighted by atomic mass is 10.1. The number of thiocarbonyl (C=S) groups is 1. The molecular formula is C20H18ClNO3S2. The molecule has 0 spiro atoms. The number of thioether (sulfide) groups is 1. The van der Waals surface area contributed by atoms with Crippen molar-refractivity contribution in [1.29, 1.82) is 0 Å². The molecule has 7 heteroatoms. The summed E-state index contributed by atoms with van der Waals surface area (Å²) in [6.07, 6.45) is 1.77. The van der Waals surface area contributed by atoms with Crippen molar-refractivity contribution in [2.24, 2.45) is 0 Å². The van der Waals surface area contributed by atoms with Gasteiger partial charge in [0.15, 0.2) is 11.5 Å². The second-order valence-corrected chi connectivity index (χ2v) is 7.82. The third kappa shape index (κ3) is 4.46. The van der Waals surface area contributed by atoms with Gasteiger partial charge in [-0.2, -0.15) is 0 Å². The van der Waals surface area contributed by atoms with Gasteiger partial charge in [0.25, 0.3) is 5.91 Å². The molecule has 2 aromatic carbocycles. The number of carbonyl (C=O) groups excluding carboxylic acids is 1. The molecule has 1 aliphatic heterocycles. The average molecular weight is 420 g/mol. The minimum Gasteiger partial charge on any atom is -0.493 e. The number of benzene rings is 2. The first-order valence-electron chi connectivity index (χ1n) is 8.33. The molecule has 0 radical (unpaired) electrons. The van der Waals surface area contributed by atoms with Crippen molar-refractivity contribution < 1.29 is 14.3 Å². The summed E-state index contributed by atoms with van der Waals surface area (Å²) in [4.78, 5) is 14.5. The van der Waals surface area contributed by atoms with Crippen LogP contribution in [-0.4, -0.2) is 28.8 Å². The Bertz CT molecular complexity index is 900. The van der Waals surface area contributed by atoms with E-state index in [9.17, 15) is 4.79 Å². The van der Waals surface area contributed by atoms with Crippen LogP contribution in [0, 0.1) is 0 Å². The number of nitrogens with zero attached hydrogens (tertiary/aromatic N) is 1. The molecule has 0 atom stereocenters. The number of rotatable bonds is 6. The lowest BCUT2D eigenvalue weighted by molar-refractivity contribution is -0.121. The van der Waals surface area contributed by atoms with E-state index < -0.39 is 0 Å². The monoisotopic (exact) mass is 419 g/mol. The van der Waals surface area contributed by atoms with Gasteiger partial charge in [-0.05, 0) is 36.3 Å². The maximum Gasteiger partial charge on any atom is 0.266 e. The average Bonchev–Trinajstić information content (AvgIpc) is 2.93. The van der Waals surface area contributed by atoms with Gasteiger partial charge >= 0.3 is 0 Å². The van der Waals surface area contributed by atoms with E-state index in [-0.39, 0.29) is 5.91 Å². The lowest BCUT2D eigenvalue weighted by Crippen LogP contribution is -2.27. The van der Waals surface area contributed by atoms with Gasteiger partial charge in [-0.25, -0.2) is 0 Å². The van der Waals surface area contributed by atoms with E-state index in [1.807, 2.05) is 37.3 Å². The van der Waals surface area contributed by atoms with Crippen molar-refractivity contribution >= 4 is 51.9 Å². The van der Waals surface area contributed by atoms with Crippen LogP contribution in [0.5, 0.6) is 11.5 Å². The van der Waals surface area contributed by atoms with Crippen LogP contribution < -0.4 is 9.47 Å². The van der Waals surface area contributed by atoms with E-state index >= 15 is 0 Å². The van der Waals surface area contributed by atoms with Gasteiger partial charge in [-0.15, -0.1) is 0 Å². The highest BCUT2D eigenvalue weighted by atomic mass is 35.5. The molecule has 2 aromatic rings. The highest BCUT2D eigenvalue weighted by molar-refractivity contribution is 8.26. The van der Waals surface area contributed by atoms with Crippen molar-refractivity contribution in [3.63, 3.8) is 0 Å². The van der Waals surface area contributed by atoms with E-state index in [4.69, 9.17) is 33.3 Å². The highest BCUT2D eigenvalue weighted by Crippen LogP contribution is 2.39. The molecule has 1 aliphatic rings. The summed E-state index contributed by atoms with van der Waals surface area (Å²) in [5, 5.41) is 0.419. The minimum atomic E-state index is -0.0907. The number of halogens is 1. The number of amides is 1. The topological polar surface area (TPSA) is 38.8 Å². The van der Waals surface area contributed by atoms with E-state index in [0.717, 1.165) is 11.1 Å². The van der Waals surface area contributed by atoms with E-state index in [2.05, 4.69) is 0 Å². The van der Waals surface area contributed by atoms with Crippen LogP contribution in [0.25, 0.3) is 6.08 Å². The molecule has 1 fully saturated rings. The van der Waals surface area contributed by atoms with E-state index in [1.54, 1.807) is 30.2 Å². The van der Waals surface area contributed by atoms with Crippen LogP contribution >= 0.6 is 35.6 Å². The number of hydrogen-bond donors (Lipinski definition) is 0. The Labute approximate surface area is 173 Å². The maximum atomic E-state index is 12.4. The number of methoxy groups -OCH3 is 1. The minimum absolute atomic E-state index is 0.0907. The second-order valence-electron chi connectivity index (χ2n) is 5.73. The Kier molecular flexibility index (Phi) is 6.42. The number of ether oxygens (including phenoxy) is 2. The quantitative estimate of drug-likeness (QED) is 0.478. The molecule has 0 unspecified atom stereocenters. The highest BCUT2D eigenvalue weighted by Gasteiger charge is 2.30. The summed E-state index contributed by atoms with van der Waals surface area (Å²) in [7, 11) is 1.56. The van der Waals surface area contributed by atoms with E-state index in [0.29, 0.717) is 38.9 Å². The SMILES string of the molecule is CCN1C(=O)/C(=C\c2cc(Cl)c(OCc3ccccc3)c(OC)c2)SC1=S. The van der Waals surface area contributed by atoms with Gasteiger partial charge in [0.05, 0.1) is 17.0 Å². The summed E-state index contributed by atoms with van der Waals surface area (Å²) in [6, 6.07) is 13.4. The fourth-order valence-corrected chi connectivity index (χ4v) is 4.27. The zero-order valence-electron chi connectivity index (χ0n) is 14.9. The van der Waals surface area contributed by atoms with Gasteiger partial charge in [0, 0.05) is 6.54 Å². The molecule has 0 saturated carbocycles. The Balaban J connectivity index is 1.85. The Morgan fingerprint density at radius 2 is 2.00 bits per heavy atom. The van der Waals surface area contributed by atoms with Crippen molar-refractivity contribution in [2.45, 2.75) is 13.5 Å². The van der Waals surface area contributed by atoms with Gasteiger partial charge < -0.3 is 9.47 Å². The molecule has 1 amide bonds. The van der Waals surface area contributed by atoms with Crippen molar-refractivity contribution in [3.05, 3.63) is 63.5 Å². The van der Waals surface area contributed by atoms with Crippen molar-refractivity contribution in [2.75, 3.05) is 13.7 Å². The Morgan fingerprint density at radius 1 is 1.26 bits per heavy atom. The summed E-state index contributed by atoms with van der Waals surface area (Å²) < 4.78 is 11.9. The summed E-state index contributed by atoms with van der Waals surface area (Å²) >= 11 is 13.0. The third-order valence-electron chi connectivity index (χ3n) is 3.97. The Morgan fingerprint density at radius 3 is 2.63 bits per heavy atom. The van der Waals surface area contributed by atoms with E-state index in [1.165, 1.54) is 11.8 Å². The first kappa shape index (κ1) is 19.7. The standard InChI is InChI=1S/C20H18ClNO3S2/c1-3-22-19(23)17(27-20(22)26)11-14-9-15(21)18(16(10-14)24-2)25-12-13-7-5-4-6-8-13/h4-11H,3,12H2,1-2H3/b17-11+. The summed E-state index contributed by atoms with van der Waals surface area (Å²) in [5.74, 6) is 0.893. The smallest absolute Gasteiger partial charge is 0.266 e. The molecule has 0 N–H and O–H groups in total. The van der Waals surface area contributed by atoms with Gasteiger partial charge in [-0.3, -0.25) is 9.69 Å². The zero-order chi connectivity index (χ0) is 19.4. The molecule has 0 aliphatic carbocycles. The molecule has 0 bridgehead atoms. The van der Waals surface area contributed by atoms with Gasteiger partial charge in [-0.1, -0.05) is 65.9 Å². The zero-order valence-corrected chi connectivity index (χ0v) is 17.3. The molecule has 3 rings (SSSR count). The first-order chi connectivity index (χ1) is 13.0. The predicted octanol–water partition coefficient (Wildman–Crippen LogP) is 5.15. The van der Waals surface area contributed by atoms with Crippen molar-refractivity contribution in [3.8, 4) is 11.5 Å².